The van der Waals surface area contributed by atoms with E-state index in [1.54, 1.807) is 18.0 Å². The first-order valence-electron chi connectivity index (χ1n) is 10.8. The molecule has 0 atom stereocenters. The fourth-order valence-corrected chi connectivity index (χ4v) is 5.21. The Morgan fingerprint density at radius 1 is 1.06 bits per heavy atom. The summed E-state index contributed by atoms with van der Waals surface area (Å²) in [4.78, 5) is 21.1. The van der Waals surface area contributed by atoms with Crippen LogP contribution >= 0.6 is 22.9 Å². The monoisotopic (exact) mass is 481 g/mol. The predicted molar refractivity (Wildman–Crippen MR) is 133 cm³/mol. The number of fused-ring (bicyclic) bond motifs is 1. The molecule has 2 aromatic carbocycles. The van der Waals surface area contributed by atoms with Gasteiger partial charge < -0.3 is 14.4 Å². The van der Waals surface area contributed by atoms with E-state index < -0.39 is 0 Å². The van der Waals surface area contributed by atoms with E-state index in [1.807, 2.05) is 48.5 Å². The summed E-state index contributed by atoms with van der Waals surface area (Å²) >= 11 is 7.43. The number of piperidine rings is 1. The molecule has 3 heterocycles. The van der Waals surface area contributed by atoms with Gasteiger partial charge >= 0.3 is 0 Å². The number of nitrogens with zero attached hydrogens (tertiary/aromatic N) is 3. The molecule has 0 N–H and O–H groups in total. The van der Waals surface area contributed by atoms with Gasteiger partial charge in [0.15, 0.2) is 11.5 Å². The van der Waals surface area contributed by atoms with E-state index >= 15 is 0 Å². The number of hydrogen-bond acceptors (Lipinski definition) is 6. The first kappa shape index (κ1) is 21.9. The average molecular weight is 482 g/mol. The molecular weight excluding hydrogens is 458 g/mol. The number of ether oxygens (including phenoxy) is 2. The SMILES string of the molecule is COc1cc(-n2cnc3cc(-c4ccc(Cl)cc4)sc3c2=O)ccc1OC1CCN(C)CC1. The quantitative estimate of drug-likeness (QED) is 0.389. The maximum Gasteiger partial charge on any atom is 0.275 e. The minimum absolute atomic E-state index is 0.115. The van der Waals surface area contributed by atoms with Gasteiger partial charge in [0.1, 0.15) is 17.1 Å². The van der Waals surface area contributed by atoms with Gasteiger partial charge in [0.25, 0.3) is 5.56 Å². The van der Waals surface area contributed by atoms with Crippen LogP contribution in [0.2, 0.25) is 5.02 Å². The Kier molecular flexibility index (Phi) is 6.10. The Morgan fingerprint density at radius 3 is 2.55 bits per heavy atom. The Hall–Kier alpha value is -2.87. The van der Waals surface area contributed by atoms with Gasteiger partial charge in [0, 0.05) is 29.1 Å². The van der Waals surface area contributed by atoms with Crippen molar-refractivity contribution in [2.24, 2.45) is 0 Å². The molecule has 0 saturated carbocycles. The number of thiophene rings is 1. The number of hydrogen-bond donors (Lipinski definition) is 0. The zero-order valence-corrected chi connectivity index (χ0v) is 20.0. The van der Waals surface area contributed by atoms with Crippen LogP contribution in [0.1, 0.15) is 12.8 Å². The highest BCUT2D eigenvalue weighted by molar-refractivity contribution is 7.22. The second-order valence-electron chi connectivity index (χ2n) is 8.21. The van der Waals surface area contributed by atoms with Crippen LogP contribution in [-0.4, -0.2) is 47.8 Å². The third-order valence-electron chi connectivity index (χ3n) is 5.95. The molecule has 1 saturated heterocycles. The maximum atomic E-state index is 13.3. The van der Waals surface area contributed by atoms with E-state index in [9.17, 15) is 4.79 Å². The van der Waals surface area contributed by atoms with Crippen LogP contribution in [0.15, 0.2) is 59.7 Å². The van der Waals surface area contributed by atoms with Gasteiger partial charge in [0.05, 0.1) is 18.3 Å². The highest BCUT2D eigenvalue weighted by Gasteiger charge is 2.20. The van der Waals surface area contributed by atoms with Crippen molar-refractivity contribution in [1.82, 2.24) is 14.5 Å². The molecule has 0 aliphatic carbocycles. The number of rotatable bonds is 5. The lowest BCUT2D eigenvalue weighted by atomic mass is 10.1. The molecule has 1 aliphatic rings. The molecule has 170 valence electrons. The molecule has 0 radical (unpaired) electrons. The van der Waals surface area contributed by atoms with Gasteiger partial charge in [-0.3, -0.25) is 9.36 Å². The van der Waals surface area contributed by atoms with E-state index in [1.165, 1.54) is 11.3 Å². The van der Waals surface area contributed by atoms with Gasteiger partial charge in [-0.2, -0.15) is 0 Å². The molecule has 1 fully saturated rings. The second-order valence-corrected chi connectivity index (χ2v) is 9.70. The minimum Gasteiger partial charge on any atom is -0.493 e. The standard InChI is InChI=1S/C25H24ClN3O3S/c1-28-11-9-19(10-12-28)32-21-8-7-18(13-22(21)31-2)29-15-27-20-14-23(33-24(20)25(29)30)16-3-5-17(26)6-4-16/h3-8,13-15,19H,9-12H2,1-2H3. The Bertz CT molecular complexity index is 1340. The zero-order valence-electron chi connectivity index (χ0n) is 18.5. The van der Waals surface area contributed by atoms with Gasteiger partial charge in [-0.05, 0) is 55.8 Å². The van der Waals surface area contributed by atoms with Crippen LogP contribution in [-0.2, 0) is 0 Å². The number of aromatic nitrogens is 2. The molecule has 1 aliphatic heterocycles. The van der Waals surface area contributed by atoms with Gasteiger partial charge in [0.2, 0.25) is 0 Å². The van der Waals surface area contributed by atoms with Crippen molar-refractivity contribution >= 4 is 33.2 Å². The van der Waals surface area contributed by atoms with Gasteiger partial charge in [-0.1, -0.05) is 23.7 Å². The molecule has 2 aromatic heterocycles. The lowest BCUT2D eigenvalue weighted by molar-refractivity contribution is 0.111. The lowest BCUT2D eigenvalue weighted by Crippen LogP contribution is -2.35. The largest absolute Gasteiger partial charge is 0.493 e. The summed E-state index contributed by atoms with van der Waals surface area (Å²) in [6, 6.07) is 15.1. The van der Waals surface area contributed by atoms with Gasteiger partial charge in [-0.15, -0.1) is 11.3 Å². The molecule has 0 unspecified atom stereocenters. The fourth-order valence-electron chi connectivity index (χ4n) is 4.04. The first-order valence-corrected chi connectivity index (χ1v) is 12.0. The predicted octanol–water partition coefficient (Wildman–Crippen LogP) is 5.25. The van der Waals surface area contributed by atoms with Crippen molar-refractivity contribution in [3.63, 3.8) is 0 Å². The molecule has 0 bridgehead atoms. The van der Waals surface area contributed by atoms with Crippen LogP contribution < -0.4 is 15.0 Å². The fraction of sp³-hybridized carbons (Fsp3) is 0.280. The Labute approximate surface area is 201 Å². The van der Waals surface area contributed by atoms with E-state index in [-0.39, 0.29) is 11.7 Å². The molecule has 4 aromatic rings. The maximum absolute atomic E-state index is 13.3. The summed E-state index contributed by atoms with van der Waals surface area (Å²) in [5.41, 5.74) is 2.26. The smallest absolute Gasteiger partial charge is 0.275 e. The lowest BCUT2D eigenvalue weighted by Gasteiger charge is -2.29. The Morgan fingerprint density at radius 2 is 1.82 bits per heavy atom. The van der Waals surface area contributed by atoms with Crippen LogP contribution in [0.5, 0.6) is 11.5 Å². The van der Waals surface area contributed by atoms with Crippen LogP contribution in [0, 0.1) is 0 Å². The molecule has 0 spiro atoms. The van der Waals surface area contributed by atoms with Crippen molar-refractivity contribution < 1.29 is 9.47 Å². The molecule has 33 heavy (non-hydrogen) atoms. The minimum atomic E-state index is -0.115. The summed E-state index contributed by atoms with van der Waals surface area (Å²) in [5, 5.41) is 0.678. The topological polar surface area (TPSA) is 56.6 Å². The van der Waals surface area contributed by atoms with Crippen molar-refractivity contribution in [2.75, 3.05) is 27.2 Å². The number of halogens is 1. The summed E-state index contributed by atoms with van der Waals surface area (Å²) in [6.45, 7) is 2.04. The second kappa shape index (κ2) is 9.17. The normalized spacial score (nSPS) is 15.1. The van der Waals surface area contributed by atoms with E-state index in [4.69, 9.17) is 21.1 Å². The zero-order chi connectivity index (χ0) is 22.9. The van der Waals surface area contributed by atoms with Crippen molar-refractivity contribution in [2.45, 2.75) is 18.9 Å². The molecule has 8 heteroatoms. The van der Waals surface area contributed by atoms with Crippen LogP contribution in [0.4, 0.5) is 0 Å². The number of benzene rings is 2. The summed E-state index contributed by atoms with van der Waals surface area (Å²) in [5.74, 6) is 1.30. The van der Waals surface area contributed by atoms with Crippen molar-refractivity contribution in [3.8, 4) is 27.6 Å². The summed E-state index contributed by atoms with van der Waals surface area (Å²) in [7, 11) is 3.74. The van der Waals surface area contributed by atoms with E-state index in [0.717, 1.165) is 36.4 Å². The Balaban J connectivity index is 1.46. The van der Waals surface area contributed by atoms with Crippen LogP contribution in [0.25, 0.3) is 26.3 Å². The van der Waals surface area contributed by atoms with Gasteiger partial charge in [-0.25, -0.2) is 4.98 Å². The molecule has 0 amide bonds. The molecule has 6 nitrogen and oxygen atoms in total. The third-order valence-corrected chi connectivity index (χ3v) is 7.36. The van der Waals surface area contributed by atoms with E-state index in [2.05, 4.69) is 16.9 Å². The van der Waals surface area contributed by atoms with Crippen molar-refractivity contribution in [3.05, 3.63) is 70.2 Å². The third kappa shape index (κ3) is 4.49. The number of likely N-dealkylation sites (tertiary alicyclic amines) is 1. The van der Waals surface area contributed by atoms with E-state index in [0.29, 0.717) is 32.4 Å². The van der Waals surface area contributed by atoms with Crippen molar-refractivity contribution in [1.29, 1.82) is 0 Å². The average Bonchev–Trinajstić information content (AvgIpc) is 3.27. The molecule has 5 rings (SSSR count). The summed E-state index contributed by atoms with van der Waals surface area (Å²) in [6.07, 6.45) is 3.69. The number of methoxy groups -OCH3 is 1. The highest BCUT2D eigenvalue weighted by atomic mass is 35.5. The highest BCUT2D eigenvalue weighted by Crippen LogP contribution is 2.33. The van der Waals surface area contributed by atoms with Crippen LogP contribution in [0.3, 0.4) is 0 Å². The first-order chi connectivity index (χ1) is 16.0. The summed E-state index contributed by atoms with van der Waals surface area (Å²) < 4.78 is 14.0. The molecular formula is C25H24ClN3O3S.